The maximum Gasteiger partial charge on any atom is 0.250 e. The van der Waals surface area contributed by atoms with E-state index < -0.39 is 6.10 Å². The lowest BCUT2D eigenvalue weighted by Gasteiger charge is -2.36. The van der Waals surface area contributed by atoms with E-state index in [4.69, 9.17) is 4.74 Å². The van der Waals surface area contributed by atoms with Crippen molar-refractivity contribution < 1.29 is 13.9 Å². The Morgan fingerprint density at radius 2 is 2.35 bits per heavy atom. The van der Waals surface area contributed by atoms with Crippen LogP contribution in [0.15, 0.2) is 18.2 Å². The summed E-state index contributed by atoms with van der Waals surface area (Å²) in [6.07, 6.45) is 1.57. The molecule has 23 heavy (non-hydrogen) atoms. The fourth-order valence-electron chi connectivity index (χ4n) is 3.32. The molecule has 3 rings (SSSR count). The molecule has 1 aromatic carbocycles. The SMILES string of the molecule is Cc1cc(F)ccc1N1CCCC(NC(=O)C2CNCCO2)C1. The highest BCUT2D eigenvalue weighted by Crippen LogP contribution is 2.24. The Morgan fingerprint density at radius 1 is 1.48 bits per heavy atom. The number of amides is 1. The molecule has 1 aromatic rings. The van der Waals surface area contributed by atoms with E-state index >= 15 is 0 Å². The minimum atomic E-state index is -0.397. The number of anilines is 1. The van der Waals surface area contributed by atoms with Crippen LogP contribution < -0.4 is 15.5 Å². The average molecular weight is 321 g/mol. The molecule has 2 saturated heterocycles. The second kappa shape index (κ2) is 7.27. The normalized spacial score (nSPS) is 25.2. The monoisotopic (exact) mass is 321 g/mol. The third-order valence-corrected chi connectivity index (χ3v) is 4.49. The summed E-state index contributed by atoms with van der Waals surface area (Å²) in [5.41, 5.74) is 1.97. The predicted molar refractivity (Wildman–Crippen MR) is 87.1 cm³/mol. The Balaban J connectivity index is 1.60. The highest BCUT2D eigenvalue weighted by Gasteiger charge is 2.27. The van der Waals surface area contributed by atoms with Crippen molar-refractivity contribution in [3.8, 4) is 0 Å². The van der Waals surface area contributed by atoms with Crippen LogP contribution in [0.25, 0.3) is 0 Å². The molecule has 2 fully saturated rings. The number of hydrogen-bond acceptors (Lipinski definition) is 4. The van der Waals surface area contributed by atoms with E-state index in [-0.39, 0.29) is 17.8 Å². The second-order valence-electron chi connectivity index (χ2n) is 6.29. The van der Waals surface area contributed by atoms with E-state index in [2.05, 4.69) is 15.5 Å². The zero-order valence-electron chi connectivity index (χ0n) is 13.5. The molecule has 2 heterocycles. The Kier molecular flexibility index (Phi) is 5.13. The summed E-state index contributed by atoms with van der Waals surface area (Å²) < 4.78 is 18.8. The zero-order valence-corrected chi connectivity index (χ0v) is 13.5. The number of carbonyl (C=O) groups is 1. The van der Waals surface area contributed by atoms with E-state index in [0.717, 1.165) is 43.7 Å². The summed E-state index contributed by atoms with van der Waals surface area (Å²) in [5.74, 6) is -0.255. The van der Waals surface area contributed by atoms with Gasteiger partial charge in [0, 0.05) is 37.9 Å². The van der Waals surface area contributed by atoms with Crippen LogP contribution >= 0.6 is 0 Å². The molecule has 1 amide bonds. The lowest BCUT2D eigenvalue weighted by molar-refractivity contribution is -0.135. The highest BCUT2D eigenvalue weighted by atomic mass is 19.1. The summed E-state index contributed by atoms with van der Waals surface area (Å²) in [7, 11) is 0. The Labute approximate surface area is 136 Å². The summed E-state index contributed by atoms with van der Waals surface area (Å²) in [6, 6.07) is 4.97. The molecule has 2 unspecified atom stereocenters. The molecule has 0 saturated carbocycles. The fourth-order valence-corrected chi connectivity index (χ4v) is 3.32. The molecule has 5 nitrogen and oxygen atoms in total. The van der Waals surface area contributed by atoms with Gasteiger partial charge in [-0.15, -0.1) is 0 Å². The van der Waals surface area contributed by atoms with Gasteiger partial charge in [0.2, 0.25) is 0 Å². The van der Waals surface area contributed by atoms with Gasteiger partial charge in [0.1, 0.15) is 11.9 Å². The van der Waals surface area contributed by atoms with Crippen molar-refractivity contribution in [2.75, 3.05) is 37.7 Å². The molecule has 2 atom stereocenters. The van der Waals surface area contributed by atoms with Gasteiger partial charge in [-0.25, -0.2) is 4.39 Å². The summed E-state index contributed by atoms with van der Waals surface area (Å²) >= 11 is 0. The number of rotatable bonds is 3. The molecule has 6 heteroatoms. The fraction of sp³-hybridized carbons (Fsp3) is 0.588. The molecular weight excluding hydrogens is 297 g/mol. The molecular formula is C17H24FN3O2. The van der Waals surface area contributed by atoms with Crippen LogP contribution in [0, 0.1) is 12.7 Å². The number of morpholine rings is 1. The van der Waals surface area contributed by atoms with Gasteiger partial charge in [0.25, 0.3) is 5.91 Å². The molecule has 126 valence electrons. The minimum Gasteiger partial charge on any atom is -0.369 e. The van der Waals surface area contributed by atoms with E-state index in [0.29, 0.717) is 13.2 Å². The van der Waals surface area contributed by atoms with Gasteiger partial charge in [-0.2, -0.15) is 0 Å². The molecule has 0 aliphatic carbocycles. The first-order chi connectivity index (χ1) is 11.1. The maximum absolute atomic E-state index is 13.3. The molecule has 0 aromatic heterocycles. The number of nitrogens with zero attached hydrogens (tertiary/aromatic N) is 1. The van der Waals surface area contributed by atoms with Crippen molar-refractivity contribution in [1.29, 1.82) is 0 Å². The van der Waals surface area contributed by atoms with Crippen LogP contribution in [0.1, 0.15) is 18.4 Å². The zero-order chi connectivity index (χ0) is 16.2. The topological polar surface area (TPSA) is 53.6 Å². The van der Waals surface area contributed by atoms with Crippen LogP contribution in [-0.2, 0) is 9.53 Å². The van der Waals surface area contributed by atoms with Crippen LogP contribution in [0.4, 0.5) is 10.1 Å². The molecule has 0 bridgehead atoms. The van der Waals surface area contributed by atoms with Crippen molar-refractivity contribution >= 4 is 11.6 Å². The van der Waals surface area contributed by atoms with Crippen molar-refractivity contribution in [2.45, 2.75) is 31.9 Å². The van der Waals surface area contributed by atoms with Crippen molar-refractivity contribution in [2.24, 2.45) is 0 Å². The first kappa shape index (κ1) is 16.2. The Morgan fingerprint density at radius 3 is 3.09 bits per heavy atom. The number of aryl methyl sites for hydroxylation is 1. The lowest BCUT2D eigenvalue weighted by Crippen LogP contribution is -2.54. The molecule has 2 aliphatic heterocycles. The van der Waals surface area contributed by atoms with Gasteiger partial charge in [0.05, 0.1) is 6.61 Å². The molecule has 2 N–H and O–H groups in total. The maximum atomic E-state index is 13.3. The van der Waals surface area contributed by atoms with E-state index in [1.807, 2.05) is 13.0 Å². The average Bonchev–Trinajstić information content (AvgIpc) is 2.56. The Hall–Kier alpha value is -1.66. The number of hydrogen-bond donors (Lipinski definition) is 2. The van der Waals surface area contributed by atoms with E-state index in [9.17, 15) is 9.18 Å². The van der Waals surface area contributed by atoms with Crippen molar-refractivity contribution in [3.05, 3.63) is 29.6 Å². The van der Waals surface area contributed by atoms with Crippen LogP contribution in [0.5, 0.6) is 0 Å². The van der Waals surface area contributed by atoms with Crippen molar-refractivity contribution in [1.82, 2.24) is 10.6 Å². The smallest absolute Gasteiger partial charge is 0.250 e. The number of ether oxygens (including phenoxy) is 1. The standard InChI is InChI=1S/C17H24FN3O2/c1-12-9-13(18)4-5-15(12)21-7-2-3-14(11-21)20-17(22)16-10-19-6-8-23-16/h4-5,9,14,16,19H,2-3,6-8,10-11H2,1H3,(H,20,22). The third-order valence-electron chi connectivity index (χ3n) is 4.49. The number of piperidine rings is 1. The highest BCUT2D eigenvalue weighted by molar-refractivity contribution is 5.81. The minimum absolute atomic E-state index is 0.0418. The predicted octanol–water partition coefficient (Wildman–Crippen LogP) is 1.21. The molecule has 0 radical (unpaired) electrons. The van der Waals surface area contributed by atoms with Gasteiger partial charge in [-0.1, -0.05) is 0 Å². The van der Waals surface area contributed by atoms with Crippen LogP contribution in [-0.4, -0.2) is 50.8 Å². The summed E-state index contributed by atoms with van der Waals surface area (Å²) in [5, 5.41) is 6.27. The largest absolute Gasteiger partial charge is 0.369 e. The van der Waals surface area contributed by atoms with Gasteiger partial charge >= 0.3 is 0 Å². The number of benzene rings is 1. The third kappa shape index (κ3) is 4.00. The van der Waals surface area contributed by atoms with Gasteiger partial charge in [0.15, 0.2) is 0 Å². The number of carbonyl (C=O) groups excluding carboxylic acids is 1. The van der Waals surface area contributed by atoms with Gasteiger partial charge < -0.3 is 20.3 Å². The van der Waals surface area contributed by atoms with Crippen molar-refractivity contribution in [3.63, 3.8) is 0 Å². The first-order valence-corrected chi connectivity index (χ1v) is 8.27. The lowest BCUT2D eigenvalue weighted by atomic mass is 10.0. The first-order valence-electron chi connectivity index (χ1n) is 8.27. The summed E-state index contributed by atoms with van der Waals surface area (Å²) in [4.78, 5) is 14.5. The van der Waals surface area contributed by atoms with Crippen LogP contribution in [0.3, 0.4) is 0 Å². The number of halogens is 1. The van der Waals surface area contributed by atoms with Gasteiger partial charge in [-0.3, -0.25) is 4.79 Å². The summed E-state index contributed by atoms with van der Waals surface area (Å²) in [6.45, 7) is 5.54. The quantitative estimate of drug-likeness (QED) is 0.879. The molecule has 0 spiro atoms. The van der Waals surface area contributed by atoms with E-state index in [1.54, 1.807) is 6.07 Å². The van der Waals surface area contributed by atoms with Gasteiger partial charge in [-0.05, 0) is 43.5 Å². The second-order valence-corrected chi connectivity index (χ2v) is 6.29. The van der Waals surface area contributed by atoms with Crippen LogP contribution in [0.2, 0.25) is 0 Å². The van der Waals surface area contributed by atoms with E-state index in [1.165, 1.54) is 6.07 Å². The number of nitrogens with one attached hydrogen (secondary N) is 2. The Bertz CT molecular complexity index is 561. The molecule has 2 aliphatic rings.